The summed E-state index contributed by atoms with van der Waals surface area (Å²) < 4.78 is 60.6. The van der Waals surface area contributed by atoms with E-state index in [2.05, 4.69) is 4.98 Å². The Balaban J connectivity index is 3.38. The molecule has 0 unspecified atom stereocenters. The summed E-state index contributed by atoms with van der Waals surface area (Å²) in [6.45, 7) is 0. The van der Waals surface area contributed by atoms with Crippen LogP contribution in [0.15, 0.2) is 6.07 Å². The highest BCUT2D eigenvalue weighted by Gasteiger charge is 2.37. The van der Waals surface area contributed by atoms with Gasteiger partial charge in [-0.25, -0.2) is 13.8 Å². The molecule has 1 N–H and O–H groups in total. The van der Waals surface area contributed by atoms with Crippen molar-refractivity contribution in [2.75, 3.05) is 0 Å². The summed E-state index contributed by atoms with van der Waals surface area (Å²) in [5.74, 6) is -1.13. The van der Waals surface area contributed by atoms with Crippen LogP contribution in [0.25, 0.3) is 0 Å². The number of alkyl halides is 5. The Hall–Kier alpha value is -0.670. The van der Waals surface area contributed by atoms with Crippen LogP contribution in [0.4, 0.5) is 22.0 Å². The third-order valence-corrected chi connectivity index (χ3v) is 2.28. The van der Waals surface area contributed by atoms with Crippen molar-refractivity contribution in [1.29, 1.82) is 0 Å². The minimum Gasteiger partial charge on any atom is -0.505 e. The lowest BCUT2D eigenvalue weighted by Crippen LogP contribution is -2.11. The number of aromatic nitrogens is 1. The number of hydrogen-bond acceptors (Lipinski definition) is 2. The number of halogens is 6. The molecule has 1 aromatic rings. The summed E-state index contributed by atoms with van der Waals surface area (Å²) >= 11 is 1.33. The first kappa shape index (κ1) is 12.4. The van der Waals surface area contributed by atoms with Crippen molar-refractivity contribution in [3.63, 3.8) is 0 Å². The van der Waals surface area contributed by atoms with Gasteiger partial charge in [0.05, 0.1) is 3.57 Å². The fourth-order valence-corrected chi connectivity index (χ4v) is 1.41. The Labute approximate surface area is 94.3 Å². The van der Waals surface area contributed by atoms with E-state index in [1.165, 1.54) is 22.6 Å². The lowest BCUT2D eigenvalue weighted by molar-refractivity contribution is -0.142. The summed E-state index contributed by atoms with van der Waals surface area (Å²) in [7, 11) is 0. The topological polar surface area (TPSA) is 33.1 Å². The summed E-state index contributed by atoms with van der Waals surface area (Å²) in [6.07, 6.45) is -8.06. The molecule has 15 heavy (non-hydrogen) atoms. The average molecular weight is 339 g/mol. The molecule has 0 saturated heterocycles. The van der Waals surface area contributed by atoms with Gasteiger partial charge in [-0.05, 0) is 28.7 Å². The highest BCUT2D eigenvalue weighted by Crippen LogP contribution is 2.38. The molecule has 0 amide bonds. The Morgan fingerprint density at radius 2 is 1.87 bits per heavy atom. The van der Waals surface area contributed by atoms with E-state index in [4.69, 9.17) is 5.11 Å². The molecular formula is C7H3F5INO. The van der Waals surface area contributed by atoms with Crippen molar-refractivity contribution in [2.24, 2.45) is 0 Å². The molecule has 2 nitrogen and oxygen atoms in total. The maximum absolute atomic E-state index is 12.2. The fraction of sp³-hybridized carbons (Fsp3) is 0.286. The first-order chi connectivity index (χ1) is 6.73. The third-order valence-electron chi connectivity index (χ3n) is 1.46. The van der Waals surface area contributed by atoms with Crippen molar-refractivity contribution >= 4 is 22.6 Å². The molecular weight excluding hydrogens is 336 g/mol. The molecule has 0 aliphatic rings. The molecule has 1 aromatic heterocycles. The fourth-order valence-electron chi connectivity index (χ4n) is 0.835. The van der Waals surface area contributed by atoms with Gasteiger partial charge in [-0.2, -0.15) is 13.2 Å². The number of hydrogen-bond donors (Lipinski definition) is 1. The summed E-state index contributed by atoms with van der Waals surface area (Å²) in [4.78, 5) is 2.67. The zero-order valence-electron chi connectivity index (χ0n) is 6.82. The van der Waals surface area contributed by atoms with Gasteiger partial charge in [-0.15, -0.1) is 0 Å². The quantitative estimate of drug-likeness (QED) is 0.629. The molecule has 0 atom stereocenters. The van der Waals surface area contributed by atoms with Gasteiger partial charge in [0.2, 0.25) is 0 Å². The molecule has 0 spiro atoms. The molecule has 0 bridgehead atoms. The second kappa shape index (κ2) is 4.06. The van der Waals surface area contributed by atoms with Crippen LogP contribution in [0.5, 0.6) is 5.75 Å². The number of nitrogens with zero attached hydrogens (tertiary/aromatic N) is 1. The minimum atomic E-state index is -4.95. The van der Waals surface area contributed by atoms with Crippen molar-refractivity contribution in [2.45, 2.75) is 12.6 Å². The summed E-state index contributed by atoms with van der Waals surface area (Å²) in [5, 5.41) is 9.00. The average Bonchev–Trinajstić information content (AvgIpc) is 2.06. The number of pyridine rings is 1. The van der Waals surface area contributed by atoms with Gasteiger partial charge in [0, 0.05) is 0 Å². The first-order valence-corrected chi connectivity index (χ1v) is 4.56. The Kier molecular flexibility index (Phi) is 3.36. The minimum absolute atomic E-state index is 0.315. The van der Waals surface area contributed by atoms with Crippen molar-refractivity contribution in [3.8, 4) is 5.75 Å². The maximum atomic E-state index is 12.2. The van der Waals surface area contributed by atoms with Crippen LogP contribution in [-0.2, 0) is 6.18 Å². The van der Waals surface area contributed by atoms with Gasteiger partial charge in [0.1, 0.15) is 5.69 Å². The Morgan fingerprint density at radius 1 is 1.33 bits per heavy atom. The number of rotatable bonds is 1. The molecule has 0 aromatic carbocycles. The second-order valence-corrected chi connectivity index (χ2v) is 3.69. The largest absolute Gasteiger partial charge is 0.505 e. The highest BCUT2D eigenvalue weighted by molar-refractivity contribution is 14.1. The van der Waals surface area contributed by atoms with E-state index in [9.17, 15) is 22.0 Å². The van der Waals surface area contributed by atoms with Crippen LogP contribution in [0, 0.1) is 3.57 Å². The molecule has 0 fully saturated rings. The van der Waals surface area contributed by atoms with Gasteiger partial charge >= 0.3 is 6.18 Å². The third kappa shape index (κ3) is 2.67. The van der Waals surface area contributed by atoms with Crippen molar-refractivity contribution in [1.82, 2.24) is 4.98 Å². The predicted octanol–water partition coefficient (Wildman–Crippen LogP) is 3.35. The monoisotopic (exact) mass is 339 g/mol. The molecule has 1 heterocycles. The van der Waals surface area contributed by atoms with E-state index < -0.39 is 29.7 Å². The lowest BCUT2D eigenvalue weighted by atomic mass is 10.2. The smallest absolute Gasteiger partial charge is 0.437 e. The highest BCUT2D eigenvalue weighted by atomic mass is 127. The summed E-state index contributed by atoms with van der Waals surface area (Å²) in [6, 6.07) is 0.704. The summed E-state index contributed by atoms with van der Waals surface area (Å²) in [5.41, 5.74) is -2.70. The van der Waals surface area contributed by atoms with E-state index in [0.29, 0.717) is 6.07 Å². The Morgan fingerprint density at radius 3 is 2.27 bits per heavy atom. The van der Waals surface area contributed by atoms with Crippen molar-refractivity contribution in [3.05, 3.63) is 21.0 Å². The van der Waals surface area contributed by atoms with Crippen LogP contribution in [-0.4, -0.2) is 10.1 Å². The first-order valence-electron chi connectivity index (χ1n) is 3.48. The van der Waals surface area contributed by atoms with Crippen LogP contribution in [0.1, 0.15) is 17.8 Å². The Bertz CT molecular complexity index is 378. The number of aromatic hydroxyl groups is 1. The lowest BCUT2D eigenvalue weighted by Gasteiger charge is -2.10. The van der Waals surface area contributed by atoms with Gasteiger partial charge in [-0.3, -0.25) is 0 Å². The van der Waals surface area contributed by atoms with Gasteiger partial charge in [0.25, 0.3) is 6.43 Å². The zero-order valence-corrected chi connectivity index (χ0v) is 8.97. The van der Waals surface area contributed by atoms with Crippen molar-refractivity contribution < 1.29 is 27.1 Å². The molecule has 8 heteroatoms. The normalized spacial score (nSPS) is 12.2. The van der Waals surface area contributed by atoms with Crippen LogP contribution < -0.4 is 0 Å². The van der Waals surface area contributed by atoms with Crippen LogP contribution in [0.3, 0.4) is 0 Å². The van der Waals surface area contributed by atoms with Gasteiger partial charge < -0.3 is 5.11 Å². The predicted molar refractivity (Wildman–Crippen MR) is 48.6 cm³/mol. The van der Waals surface area contributed by atoms with Gasteiger partial charge in [0.15, 0.2) is 11.4 Å². The zero-order chi connectivity index (χ0) is 11.8. The molecule has 84 valence electrons. The van der Waals surface area contributed by atoms with E-state index in [0.717, 1.165) is 0 Å². The van der Waals surface area contributed by atoms with Gasteiger partial charge in [-0.1, -0.05) is 0 Å². The molecule has 0 radical (unpaired) electrons. The maximum Gasteiger partial charge on any atom is 0.437 e. The van der Waals surface area contributed by atoms with E-state index in [1.54, 1.807) is 0 Å². The molecule has 0 saturated carbocycles. The van der Waals surface area contributed by atoms with E-state index >= 15 is 0 Å². The SMILES string of the molecule is Oc1c(I)cc(C(F)F)nc1C(F)(F)F. The second-order valence-electron chi connectivity index (χ2n) is 2.52. The molecule has 0 aliphatic carbocycles. The van der Waals surface area contributed by atoms with E-state index in [1.807, 2.05) is 0 Å². The standard InChI is InChI=1S/C7H3F5INO/c8-6(9)3-1-2(13)4(15)5(14-3)7(10,11)12/h1,6,15H. The van der Waals surface area contributed by atoms with Crippen LogP contribution in [0.2, 0.25) is 0 Å². The molecule has 0 aliphatic heterocycles. The van der Waals surface area contributed by atoms with E-state index in [-0.39, 0.29) is 3.57 Å². The van der Waals surface area contributed by atoms with Crippen LogP contribution >= 0.6 is 22.6 Å². The molecule has 1 rings (SSSR count).